The van der Waals surface area contributed by atoms with Crippen LogP contribution in [0.5, 0.6) is 5.75 Å². The van der Waals surface area contributed by atoms with Gasteiger partial charge >= 0.3 is 0 Å². The lowest BCUT2D eigenvalue weighted by atomic mass is 10.0. The maximum absolute atomic E-state index is 6.42. The van der Waals surface area contributed by atoms with Crippen LogP contribution >= 0.6 is 0 Å². The van der Waals surface area contributed by atoms with E-state index in [9.17, 15) is 0 Å². The number of nitrogens with zero attached hydrogens (tertiary/aromatic N) is 3. The molecule has 5 aromatic rings. The molecule has 0 aliphatic rings. The molecule has 0 bridgehead atoms. The van der Waals surface area contributed by atoms with Crippen LogP contribution in [-0.4, -0.2) is 39.2 Å². The number of pyridine rings is 1. The van der Waals surface area contributed by atoms with Gasteiger partial charge in [0.25, 0.3) is 0 Å². The van der Waals surface area contributed by atoms with Gasteiger partial charge in [0, 0.05) is 59.5 Å². The molecule has 5 rings (SSSR count). The second-order valence-corrected chi connectivity index (χ2v) is 9.13. The highest BCUT2D eigenvalue weighted by atomic mass is 16.5. The number of imidazole rings is 1. The number of hydrogen-bond donors (Lipinski definition) is 4. The van der Waals surface area contributed by atoms with Crippen molar-refractivity contribution in [1.82, 2.24) is 24.8 Å². The van der Waals surface area contributed by atoms with E-state index >= 15 is 0 Å². The first kappa shape index (κ1) is 24.4. The Morgan fingerprint density at radius 2 is 1.92 bits per heavy atom. The summed E-state index contributed by atoms with van der Waals surface area (Å²) in [6.45, 7) is 7.42. The fraction of sp³-hybridized carbons (Fsp3) is 0.241. The third-order valence-corrected chi connectivity index (χ3v) is 6.58. The highest BCUT2D eigenvalue weighted by Gasteiger charge is 2.15. The number of anilines is 3. The van der Waals surface area contributed by atoms with E-state index in [0.717, 1.165) is 71.1 Å². The molecule has 3 aromatic heterocycles. The smallest absolute Gasteiger partial charge is 0.119 e. The predicted molar refractivity (Wildman–Crippen MR) is 150 cm³/mol. The number of ether oxygens (including phenoxy) is 1. The number of nitrogens with one attached hydrogen (secondary N) is 3. The van der Waals surface area contributed by atoms with Crippen molar-refractivity contribution >= 4 is 28.0 Å². The Morgan fingerprint density at radius 3 is 2.73 bits per heavy atom. The van der Waals surface area contributed by atoms with Crippen LogP contribution < -0.4 is 21.1 Å². The lowest BCUT2D eigenvalue weighted by Crippen LogP contribution is -2.22. The van der Waals surface area contributed by atoms with Gasteiger partial charge < -0.3 is 30.7 Å². The SMILES string of the molecule is Cc1ncc(N)c(Nc2ccc3[nH]ccc3c2C)c1-c1ccc(OCCNCCCn2ccnc2)cc1. The Labute approximate surface area is 216 Å². The first-order valence-corrected chi connectivity index (χ1v) is 12.6. The molecule has 3 heterocycles. The monoisotopic (exact) mass is 495 g/mol. The van der Waals surface area contributed by atoms with Crippen molar-refractivity contribution in [3.05, 3.63) is 84.8 Å². The molecule has 0 atom stereocenters. The fourth-order valence-electron chi connectivity index (χ4n) is 4.55. The summed E-state index contributed by atoms with van der Waals surface area (Å²) in [6, 6.07) is 14.4. The molecule has 0 spiro atoms. The molecule has 5 N–H and O–H groups in total. The number of nitrogen functional groups attached to an aromatic ring is 1. The van der Waals surface area contributed by atoms with E-state index in [1.165, 1.54) is 5.39 Å². The summed E-state index contributed by atoms with van der Waals surface area (Å²) in [7, 11) is 0. The summed E-state index contributed by atoms with van der Waals surface area (Å²) in [4.78, 5) is 11.9. The number of aromatic nitrogens is 4. The molecule has 0 aliphatic carbocycles. The van der Waals surface area contributed by atoms with Crippen molar-refractivity contribution in [3.63, 3.8) is 0 Å². The highest BCUT2D eigenvalue weighted by Crippen LogP contribution is 2.38. The first-order valence-electron chi connectivity index (χ1n) is 12.6. The average molecular weight is 496 g/mol. The maximum atomic E-state index is 6.42. The van der Waals surface area contributed by atoms with E-state index in [1.54, 1.807) is 12.4 Å². The molecule has 0 saturated heterocycles. The molecular formula is C29H33N7O. The Hall–Kier alpha value is -4.30. The van der Waals surface area contributed by atoms with Crippen LogP contribution in [0.2, 0.25) is 0 Å². The molecule has 0 radical (unpaired) electrons. The molecule has 8 heteroatoms. The lowest BCUT2D eigenvalue weighted by Gasteiger charge is -2.18. The van der Waals surface area contributed by atoms with Crippen molar-refractivity contribution in [2.75, 3.05) is 30.7 Å². The Bertz CT molecular complexity index is 1460. The quantitative estimate of drug-likeness (QED) is 0.182. The third kappa shape index (κ3) is 5.59. The van der Waals surface area contributed by atoms with Gasteiger partial charge in [0.1, 0.15) is 12.4 Å². The highest BCUT2D eigenvalue weighted by molar-refractivity contribution is 5.94. The van der Waals surface area contributed by atoms with Crippen LogP contribution in [0.1, 0.15) is 17.7 Å². The molecule has 0 saturated carbocycles. The number of aromatic amines is 1. The number of benzene rings is 2. The van der Waals surface area contributed by atoms with Crippen molar-refractivity contribution in [3.8, 4) is 16.9 Å². The topological polar surface area (TPSA) is 106 Å². The zero-order valence-corrected chi connectivity index (χ0v) is 21.3. The number of hydrogen-bond acceptors (Lipinski definition) is 6. The van der Waals surface area contributed by atoms with Crippen LogP contribution in [0.3, 0.4) is 0 Å². The van der Waals surface area contributed by atoms with Gasteiger partial charge in [-0.25, -0.2) is 4.98 Å². The zero-order valence-electron chi connectivity index (χ0n) is 21.3. The predicted octanol–water partition coefficient (Wildman–Crippen LogP) is 5.43. The van der Waals surface area contributed by atoms with Crippen LogP contribution in [0, 0.1) is 13.8 Å². The summed E-state index contributed by atoms with van der Waals surface area (Å²) in [6.07, 6.45) is 10.4. The van der Waals surface area contributed by atoms with E-state index in [1.807, 2.05) is 37.8 Å². The van der Waals surface area contributed by atoms with Crippen molar-refractivity contribution in [2.24, 2.45) is 0 Å². The van der Waals surface area contributed by atoms with Crippen molar-refractivity contribution in [1.29, 1.82) is 0 Å². The number of fused-ring (bicyclic) bond motifs is 1. The summed E-state index contributed by atoms with van der Waals surface area (Å²) < 4.78 is 8.02. The average Bonchev–Trinajstić information content (AvgIpc) is 3.60. The third-order valence-electron chi connectivity index (χ3n) is 6.58. The van der Waals surface area contributed by atoms with E-state index in [0.29, 0.717) is 12.3 Å². The number of rotatable bonds is 11. The van der Waals surface area contributed by atoms with E-state index < -0.39 is 0 Å². The minimum absolute atomic E-state index is 0.605. The van der Waals surface area contributed by atoms with Gasteiger partial charge in [-0.2, -0.15) is 0 Å². The molecule has 2 aromatic carbocycles. The summed E-state index contributed by atoms with van der Waals surface area (Å²) in [5, 5.41) is 8.20. The first-order chi connectivity index (χ1) is 18.1. The standard InChI is InChI=1S/C29H33N7O/c1-20-24-10-12-33-27(24)9-8-26(20)35-29-25(30)18-34-21(2)28(29)22-4-6-23(7-5-22)37-17-14-31-11-3-15-36-16-13-32-19-36/h4-10,12-13,16,18-19,31,33H,3,11,14-15,17,30H2,1-2H3,(H,34,35). The maximum Gasteiger partial charge on any atom is 0.119 e. The summed E-state index contributed by atoms with van der Waals surface area (Å²) >= 11 is 0. The molecule has 190 valence electrons. The van der Waals surface area contributed by atoms with Crippen LogP contribution in [-0.2, 0) is 6.54 Å². The molecule has 0 unspecified atom stereocenters. The van der Waals surface area contributed by atoms with Crippen molar-refractivity contribution < 1.29 is 4.74 Å². The van der Waals surface area contributed by atoms with Crippen LogP contribution in [0.15, 0.2) is 73.6 Å². The molecule has 0 fully saturated rings. The molecule has 8 nitrogen and oxygen atoms in total. The fourth-order valence-corrected chi connectivity index (χ4v) is 4.55. The Kier molecular flexibility index (Phi) is 7.37. The largest absolute Gasteiger partial charge is 0.492 e. The Morgan fingerprint density at radius 1 is 1.05 bits per heavy atom. The van der Waals surface area contributed by atoms with E-state index in [2.05, 4.69) is 67.4 Å². The number of aryl methyl sites for hydroxylation is 3. The van der Waals surface area contributed by atoms with Gasteiger partial charge in [-0.15, -0.1) is 0 Å². The molecule has 0 aliphatic heterocycles. The van der Waals surface area contributed by atoms with Gasteiger partial charge in [-0.3, -0.25) is 4.98 Å². The minimum atomic E-state index is 0.605. The van der Waals surface area contributed by atoms with Crippen molar-refractivity contribution in [2.45, 2.75) is 26.8 Å². The normalized spacial score (nSPS) is 11.2. The van der Waals surface area contributed by atoms with Crippen LogP contribution in [0.25, 0.3) is 22.0 Å². The molecular weight excluding hydrogens is 462 g/mol. The zero-order chi connectivity index (χ0) is 25.6. The summed E-state index contributed by atoms with van der Waals surface area (Å²) in [5.41, 5.74) is 14.1. The minimum Gasteiger partial charge on any atom is -0.492 e. The van der Waals surface area contributed by atoms with Gasteiger partial charge in [-0.1, -0.05) is 12.1 Å². The van der Waals surface area contributed by atoms with E-state index in [4.69, 9.17) is 10.5 Å². The van der Waals surface area contributed by atoms with Gasteiger partial charge in [0.15, 0.2) is 0 Å². The number of nitrogens with two attached hydrogens (primary N) is 1. The second kappa shape index (κ2) is 11.2. The van der Waals surface area contributed by atoms with Gasteiger partial charge in [-0.05, 0) is 68.3 Å². The second-order valence-electron chi connectivity index (χ2n) is 9.13. The van der Waals surface area contributed by atoms with E-state index in [-0.39, 0.29) is 0 Å². The molecule has 0 amide bonds. The lowest BCUT2D eigenvalue weighted by molar-refractivity contribution is 0.313. The van der Waals surface area contributed by atoms with Crippen LogP contribution in [0.4, 0.5) is 17.1 Å². The number of H-pyrrole nitrogens is 1. The van der Waals surface area contributed by atoms with Gasteiger partial charge in [0.2, 0.25) is 0 Å². The van der Waals surface area contributed by atoms with Gasteiger partial charge in [0.05, 0.1) is 23.9 Å². The molecule has 37 heavy (non-hydrogen) atoms. The summed E-state index contributed by atoms with van der Waals surface area (Å²) in [5.74, 6) is 0.835. The Balaban J connectivity index is 1.23.